The Morgan fingerprint density at radius 2 is 2.10 bits per heavy atom. The van der Waals surface area contributed by atoms with Crippen LogP contribution in [0, 0.1) is 0 Å². The van der Waals surface area contributed by atoms with Gasteiger partial charge in [-0.25, -0.2) is 4.79 Å². The summed E-state index contributed by atoms with van der Waals surface area (Å²) in [6.45, 7) is 2.96. The van der Waals surface area contributed by atoms with E-state index in [2.05, 4.69) is 5.32 Å². The molecule has 8 heteroatoms. The highest BCUT2D eigenvalue weighted by Gasteiger charge is 2.26. The van der Waals surface area contributed by atoms with Crippen molar-refractivity contribution in [2.75, 3.05) is 31.6 Å². The molecule has 0 saturated carbocycles. The Hall–Kier alpha value is -1.93. The first-order valence-electron chi connectivity index (χ1n) is 9.73. The fraction of sp³-hybridized carbons (Fsp3) is 0.429. The summed E-state index contributed by atoms with van der Waals surface area (Å²) in [5.41, 5.74) is 1.67. The number of aliphatic hydroxyl groups excluding tert-OH is 1. The summed E-state index contributed by atoms with van der Waals surface area (Å²) in [6.07, 6.45) is 2.95. The van der Waals surface area contributed by atoms with Crippen molar-refractivity contribution in [1.82, 2.24) is 4.90 Å². The fourth-order valence-corrected chi connectivity index (χ4v) is 4.76. The quantitative estimate of drug-likeness (QED) is 0.640. The van der Waals surface area contributed by atoms with Gasteiger partial charge in [-0.05, 0) is 32.4 Å². The molecule has 2 heterocycles. The maximum absolute atomic E-state index is 12.7. The fourth-order valence-electron chi connectivity index (χ4n) is 3.56. The van der Waals surface area contributed by atoms with Gasteiger partial charge in [0.25, 0.3) is 0 Å². The predicted octanol–water partition coefficient (Wildman–Crippen LogP) is 4.03. The van der Waals surface area contributed by atoms with Gasteiger partial charge in [0.15, 0.2) is 0 Å². The van der Waals surface area contributed by atoms with Crippen molar-refractivity contribution in [3.8, 4) is 11.1 Å². The van der Waals surface area contributed by atoms with Crippen molar-refractivity contribution in [2.24, 2.45) is 0 Å². The monoisotopic (exact) mass is 436 g/mol. The minimum absolute atomic E-state index is 0.000971. The number of anilines is 1. The number of thiophene rings is 1. The molecule has 0 radical (unpaired) electrons. The number of hydrogen-bond acceptors (Lipinski definition) is 6. The molecule has 6 nitrogen and oxygen atoms in total. The van der Waals surface area contributed by atoms with Crippen LogP contribution >= 0.6 is 22.9 Å². The highest BCUT2D eigenvalue weighted by molar-refractivity contribution is 7.15. The number of aliphatic hydroxyl groups is 1. The first kappa shape index (κ1) is 21.8. The van der Waals surface area contributed by atoms with Gasteiger partial charge in [0.1, 0.15) is 10.6 Å². The Kier molecular flexibility index (Phi) is 7.66. The van der Waals surface area contributed by atoms with Gasteiger partial charge in [-0.1, -0.05) is 36.2 Å². The minimum atomic E-state index is -0.495. The lowest BCUT2D eigenvalue weighted by Gasteiger charge is -2.33. The lowest BCUT2D eigenvalue weighted by molar-refractivity contribution is -0.118. The van der Waals surface area contributed by atoms with E-state index in [1.165, 1.54) is 11.3 Å². The summed E-state index contributed by atoms with van der Waals surface area (Å²) in [5, 5.41) is 15.2. The first-order chi connectivity index (χ1) is 14.0. The van der Waals surface area contributed by atoms with Crippen LogP contribution in [0.4, 0.5) is 5.00 Å². The number of halogens is 1. The lowest BCUT2D eigenvalue weighted by Crippen LogP contribution is -2.45. The molecule has 156 valence electrons. The third-order valence-corrected chi connectivity index (χ3v) is 6.22. The minimum Gasteiger partial charge on any atom is -0.462 e. The van der Waals surface area contributed by atoms with Gasteiger partial charge < -0.3 is 15.2 Å². The summed E-state index contributed by atoms with van der Waals surface area (Å²) >= 11 is 7.59. The molecule has 29 heavy (non-hydrogen) atoms. The Morgan fingerprint density at radius 3 is 2.83 bits per heavy atom. The van der Waals surface area contributed by atoms with Gasteiger partial charge in [-0.2, -0.15) is 0 Å². The summed E-state index contributed by atoms with van der Waals surface area (Å²) in [6, 6.07) is 7.25. The molecule has 1 amide bonds. The van der Waals surface area contributed by atoms with E-state index in [9.17, 15) is 14.7 Å². The van der Waals surface area contributed by atoms with Gasteiger partial charge >= 0.3 is 5.97 Å². The summed E-state index contributed by atoms with van der Waals surface area (Å²) in [7, 11) is 0. The molecule has 1 aliphatic heterocycles. The van der Waals surface area contributed by atoms with Crippen LogP contribution in [-0.2, 0) is 9.53 Å². The van der Waals surface area contributed by atoms with Crippen molar-refractivity contribution in [2.45, 2.75) is 32.2 Å². The molecule has 2 aromatic rings. The molecule has 1 fully saturated rings. The van der Waals surface area contributed by atoms with Crippen LogP contribution < -0.4 is 5.32 Å². The van der Waals surface area contributed by atoms with E-state index in [-0.39, 0.29) is 31.7 Å². The Bertz CT molecular complexity index is 870. The molecule has 3 rings (SSSR count). The average Bonchev–Trinajstić information content (AvgIpc) is 3.12. The van der Waals surface area contributed by atoms with Crippen LogP contribution in [0.1, 0.15) is 36.5 Å². The maximum atomic E-state index is 12.7. The first-order valence-corrected chi connectivity index (χ1v) is 11.0. The summed E-state index contributed by atoms with van der Waals surface area (Å²) in [4.78, 5) is 27.3. The van der Waals surface area contributed by atoms with Crippen LogP contribution in [0.3, 0.4) is 0 Å². The Labute approximate surface area is 179 Å². The topological polar surface area (TPSA) is 78.9 Å². The highest BCUT2D eigenvalue weighted by atomic mass is 35.5. The van der Waals surface area contributed by atoms with E-state index >= 15 is 0 Å². The zero-order valence-corrected chi connectivity index (χ0v) is 17.9. The number of nitrogens with one attached hydrogen (secondary N) is 1. The zero-order valence-electron chi connectivity index (χ0n) is 16.3. The predicted molar refractivity (Wildman–Crippen MR) is 116 cm³/mol. The number of hydrogen-bond donors (Lipinski definition) is 2. The number of rotatable bonds is 7. The number of esters is 1. The van der Waals surface area contributed by atoms with Gasteiger partial charge in [0, 0.05) is 27.6 Å². The second-order valence-electron chi connectivity index (χ2n) is 6.90. The number of amides is 1. The smallest absolute Gasteiger partial charge is 0.341 e. The second-order valence-corrected chi connectivity index (χ2v) is 8.19. The number of nitrogens with zero attached hydrogens (tertiary/aromatic N) is 1. The van der Waals surface area contributed by atoms with Gasteiger partial charge in [0.2, 0.25) is 5.91 Å². The zero-order chi connectivity index (χ0) is 20.8. The molecule has 2 N–H and O–H groups in total. The molecule has 0 aliphatic carbocycles. The number of ether oxygens (including phenoxy) is 1. The SMILES string of the molecule is CCOC(=O)c1c(-c2ccccc2Cl)csc1NC(=O)CN1CCCCC1CO. The van der Waals surface area contributed by atoms with Crippen LogP contribution in [-0.4, -0.2) is 54.2 Å². The van der Waals surface area contributed by atoms with Crippen LogP contribution in [0.5, 0.6) is 0 Å². The molecule has 0 bridgehead atoms. The van der Waals surface area contributed by atoms with Crippen molar-refractivity contribution in [3.05, 3.63) is 40.2 Å². The Balaban J connectivity index is 1.84. The maximum Gasteiger partial charge on any atom is 0.341 e. The molecule has 1 saturated heterocycles. The van der Waals surface area contributed by atoms with Crippen LogP contribution in [0.15, 0.2) is 29.6 Å². The van der Waals surface area contributed by atoms with E-state index in [1.807, 2.05) is 23.1 Å². The van der Waals surface area contributed by atoms with E-state index in [0.29, 0.717) is 26.7 Å². The molecule has 1 unspecified atom stereocenters. The number of carbonyl (C=O) groups is 2. The normalized spacial score (nSPS) is 17.1. The second kappa shape index (κ2) is 10.2. The standard InChI is InChI=1S/C21H25ClN2O4S/c1-2-28-21(27)19-16(15-8-3-4-9-17(15)22)13-29-20(19)23-18(26)11-24-10-6-5-7-14(24)12-25/h3-4,8-9,13-14,25H,2,5-7,10-12H2,1H3,(H,23,26). The van der Waals surface area contributed by atoms with Gasteiger partial charge in [0.05, 0.1) is 19.8 Å². The molecule has 1 atom stereocenters. The molecule has 0 spiro atoms. The summed E-state index contributed by atoms with van der Waals surface area (Å²) in [5.74, 6) is -0.714. The lowest BCUT2D eigenvalue weighted by atomic mass is 10.0. The van der Waals surface area contributed by atoms with Crippen molar-refractivity contribution in [3.63, 3.8) is 0 Å². The van der Waals surface area contributed by atoms with Crippen LogP contribution in [0.2, 0.25) is 5.02 Å². The van der Waals surface area contributed by atoms with Crippen LogP contribution in [0.25, 0.3) is 11.1 Å². The third kappa shape index (κ3) is 5.17. The Morgan fingerprint density at radius 1 is 1.31 bits per heavy atom. The highest BCUT2D eigenvalue weighted by Crippen LogP contribution is 2.39. The van der Waals surface area contributed by atoms with E-state index in [4.69, 9.17) is 16.3 Å². The number of likely N-dealkylation sites (tertiary alicyclic amines) is 1. The average molecular weight is 437 g/mol. The van der Waals surface area contributed by atoms with E-state index in [1.54, 1.807) is 18.4 Å². The van der Waals surface area contributed by atoms with Crippen molar-refractivity contribution >= 4 is 39.8 Å². The summed E-state index contributed by atoms with van der Waals surface area (Å²) < 4.78 is 5.22. The van der Waals surface area contributed by atoms with Gasteiger partial charge in [-0.15, -0.1) is 11.3 Å². The number of benzene rings is 1. The van der Waals surface area contributed by atoms with E-state index in [0.717, 1.165) is 25.8 Å². The molecular formula is C21H25ClN2O4S. The van der Waals surface area contributed by atoms with Crippen molar-refractivity contribution < 1.29 is 19.4 Å². The largest absolute Gasteiger partial charge is 0.462 e. The molecule has 1 aromatic heterocycles. The van der Waals surface area contributed by atoms with Gasteiger partial charge in [-0.3, -0.25) is 9.69 Å². The van der Waals surface area contributed by atoms with E-state index < -0.39 is 5.97 Å². The van der Waals surface area contributed by atoms with Crippen molar-refractivity contribution in [1.29, 1.82) is 0 Å². The molecular weight excluding hydrogens is 412 g/mol. The number of piperidine rings is 1. The number of carbonyl (C=O) groups excluding carboxylic acids is 2. The molecule has 1 aromatic carbocycles. The molecule has 1 aliphatic rings. The third-order valence-electron chi connectivity index (χ3n) is 4.99.